The molecule has 1 atom stereocenters. The van der Waals surface area contributed by atoms with Gasteiger partial charge in [0, 0.05) is 18.3 Å². The van der Waals surface area contributed by atoms with Crippen molar-refractivity contribution in [1.82, 2.24) is 10.6 Å². The lowest BCUT2D eigenvalue weighted by Crippen LogP contribution is -2.42. The molecule has 0 aliphatic heterocycles. The average Bonchev–Trinajstić information content (AvgIpc) is 2.74. The number of carbonyl (C=O) groups is 3. The van der Waals surface area contributed by atoms with Crippen LogP contribution in [-0.2, 0) is 19.1 Å². The topological polar surface area (TPSA) is 117 Å². The fraction of sp³-hybridized carbons (Fsp3) is 0.440. The standard InChI is InChI=1S/C25H33N3O5/c1-5-6-13-26-22(30)16-28-24(32)20(14-23(31)33-25(2,3)4)27-15-19-18-10-8-7-9-17(18)11-12-21(19)29/h7-12,15,20,29H,5-6,13-14,16H2,1-4H3,(H,26,30)(H,28,32)/t20-/m0/s1. The summed E-state index contributed by atoms with van der Waals surface area (Å²) >= 11 is 0. The number of benzene rings is 2. The molecule has 3 N–H and O–H groups in total. The van der Waals surface area contributed by atoms with Gasteiger partial charge in [-0.2, -0.15) is 0 Å². The van der Waals surface area contributed by atoms with Crippen LogP contribution in [0.5, 0.6) is 5.75 Å². The number of esters is 1. The van der Waals surface area contributed by atoms with E-state index in [1.165, 1.54) is 6.21 Å². The lowest BCUT2D eigenvalue weighted by Gasteiger charge is -2.21. The number of nitrogens with one attached hydrogen (secondary N) is 2. The molecule has 0 bridgehead atoms. The van der Waals surface area contributed by atoms with E-state index in [0.29, 0.717) is 12.1 Å². The minimum absolute atomic E-state index is 0.00387. The summed E-state index contributed by atoms with van der Waals surface area (Å²) in [5.41, 5.74) is -0.276. The molecule has 0 aliphatic carbocycles. The van der Waals surface area contributed by atoms with Crippen LogP contribution < -0.4 is 10.6 Å². The first-order chi connectivity index (χ1) is 15.6. The van der Waals surface area contributed by atoms with Gasteiger partial charge in [-0.05, 0) is 44.0 Å². The molecule has 0 radical (unpaired) electrons. The van der Waals surface area contributed by atoms with Gasteiger partial charge >= 0.3 is 5.97 Å². The van der Waals surface area contributed by atoms with Crippen LogP contribution in [0.25, 0.3) is 10.8 Å². The number of hydrogen-bond acceptors (Lipinski definition) is 6. The van der Waals surface area contributed by atoms with E-state index >= 15 is 0 Å². The van der Waals surface area contributed by atoms with E-state index in [0.717, 1.165) is 23.6 Å². The van der Waals surface area contributed by atoms with Gasteiger partial charge in [0.2, 0.25) is 11.8 Å². The minimum atomic E-state index is -1.12. The fourth-order valence-corrected chi connectivity index (χ4v) is 3.09. The Bertz CT molecular complexity index is 1010. The quantitative estimate of drug-likeness (QED) is 0.289. The smallest absolute Gasteiger partial charge is 0.309 e. The zero-order valence-corrected chi connectivity index (χ0v) is 19.7. The second-order valence-corrected chi connectivity index (χ2v) is 8.73. The number of phenols is 1. The molecule has 0 unspecified atom stereocenters. The summed E-state index contributed by atoms with van der Waals surface area (Å²) in [6, 6.07) is 9.65. The number of aliphatic imine (C=N–C) groups is 1. The van der Waals surface area contributed by atoms with Crippen LogP contribution >= 0.6 is 0 Å². The molecule has 0 saturated heterocycles. The number of rotatable bonds is 10. The van der Waals surface area contributed by atoms with E-state index < -0.39 is 23.5 Å². The maximum absolute atomic E-state index is 12.8. The number of hydrogen-bond donors (Lipinski definition) is 3. The Morgan fingerprint density at radius 1 is 1.12 bits per heavy atom. The zero-order chi connectivity index (χ0) is 24.4. The average molecular weight is 456 g/mol. The predicted octanol–water partition coefficient (Wildman–Crippen LogP) is 3.10. The van der Waals surface area contributed by atoms with Crippen molar-refractivity contribution in [1.29, 1.82) is 0 Å². The predicted molar refractivity (Wildman–Crippen MR) is 128 cm³/mol. The highest BCUT2D eigenvalue weighted by Gasteiger charge is 2.25. The molecule has 0 saturated carbocycles. The molecule has 2 amide bonds. The number of aromatic hydroxyl groups is 1. The first-order valence-corrected chi connectivity index (χ1v) is 11.1. The molecule has 0 fully saturated rings. The van der Waals surface area contributed by atoms with Crippen molar-refractivity contribution in [2.24, 2.45) is 4.99 Å². The molecule has 2 aromatic carbocycles. The van der Waals surface area contributed by atoms with Gasteiger partial charge in [-0.15, -0.1) is 0 Å². The molecule has 0 spiro atoms. The molecule has 178 valence electrons. The van der Waals surface area contributed by atoms with Crippen molar-refractivity contribution in [3.63, 3.8) is 0 Å². The van der Waals surface area contributed by atoms with Crippen molar-refractivity contribution in [2.45, 2.75) is 58.6 Å². The molecule has 0 heterocycles. The van der Waals surface area contributed by atoms with Crippen molar-refractivity contribution in [3.05, 3.63) is 42.0 Å². The Hall–Kier alpha value is -3.42. The van der Waals surface area contributed by atoms with Crippen molar-refractivity contribution in [2.75, 3.05) is 13.1 Å². The monoisotopic (exact) mass is 455 g/mol. The molecule has 0 aromatic heterocycles. The molecule has 0 aliphatic rings. The van der Waals surface area contributed by atoms with E-state index in [1.54, 1.807) is 32.9 Å². The molecule has 8 heteroatoms. The largest absolute Gasteiger partial charge is 0.507 e. The Labute approximate surface area is 194 Å². The molecular formula is C25H33N3O5. The fourth-order valence-electron chi connectivity index (χ4n) is 3.09. The molecule has 33 heavy (non-hydrogen) atoms. The number of ether oxygens (including phenoxy) is 1. The number of carbonyl (C=O) groups excluding carboxylic acids is 3. The molecule has 8 nitrogen and oxygen atoms in total. The molecular weight excluding hydrogens is 422 g/mol. The first kappa shape index (κ1) is 25.8. The number of amides is 2. The summed E-state index contributed by atoms with van der Waals surface area (Å²) in [7, 11) is 0. The van der Waals surface area contributed by atoms with Gasteiger partial charge in [0.25, 0.3) is 0 Å². The summed E-state index contributed by atoms with van der Waals surface area (Å²) in [6.07, 6.45) is 2.87. The van der Waals surface area contributed by atoms with Crippen molar-refractivity contribution in [3.8, 4) is 5.75 Å². The van der Waals surface area contributed by atoms with E-state index in [2.05, 4.69) is 15.6 Å². The summed E-state index contributed by atoms with van der Waals surface area (Å²) in [4.78, 5) is 41.4. The summed E-state index contributed by atoms with van der Waals surface area (Å²) in [5, 5.41) is 17.2. The number of nitrogens with zero attached hydrogens (tertiary/aromatic N) is 1. The van der Waals surface area contributed by atoms with Crippen LogP contribution in [-0.4, -0.2) is 53.8 Å². The zero-order valence-electron chi connectivity index (χ0n) is 19.7. The van der Waals surface area contributed by atoms with Crippen LogP contribution in [0.2, 0.25) is 0 Å². The number of phenolic OH excluding ortho intramolecular Hbond substituents is 1. The van der Waals surface area contributed by atoms with Crippen LogP contribution in [0.4, 0.5) is 0 Å². The van der Waals surface area contributed by atoms with E-state index in [1.807, 2.05) is 31.2 Å². The SMILES string of the molecule is CCCCNC(=O)CNC(=O)[C@H](CC(=O)OC(C)(C)C)N=Cc1c(O)ccc2ccccc12. The van der Waals surface area contributed by atoms with Crippen LogP contribution in [0, 0.1) is 0 Å². The summed E-state index contributed by atoms with van der Waals surface area (Å²) in [5.74, 6) is -1.48. The lowest BCUT2D eigenvalue weighted by atomic mass is 10.0. The maximum Gasteiger partial charge on any atom is 0.309 e. The van der Waals surface area contributed by atoms with E-state index in [4.69, 9.17) is 4.74 Å². The number of fused-ring (bicyclic) bond motifs is 1. The Balaban J connectivity index is 2.20. The van der Waals surface area contributed by atoms with Gasteiger partial charge in [0.05, 0.1) is 13.0 Å². The third-order valence-corrected chi connectivity index (χ3v) is 4.69. The maximum atomic E-state index is 12.8. The van der Waals surface area contributed by atoms with E-state index in [-0.39, 0.29) is 24.6 Å². The summed E-state index contributed by atoms with van der Waals surface area (Å²) < 4.78 is 5.33. The summed E-state index contributed by atoms with van der Waals surface area (Å²) in [6.45, 7) is 7.53. The second kappa shape index (κ2) is 12.0. The number of unbranched alkanes of at least 4 members (excludes halogenated alkanes) is 1. The minimum Gasteiger partial charge on any atom is -0.507 e. The van der Waals surface area contributed by atoms with Crippen LogP contribution in [0.3, 0.4) is 0 Å². The Morgan fingerprint density at radius 2 is 1.85 bits per heavy atom. The van der Waals surface area contributed by atoms with Gasteiger partial charge in [0.1, 0.15) is 17.4 Å². The highest BCUT2D eigenvalue weighted by Crippen LogP contribution is 2.25. The third kappa shape index (κ3) is 8.56. The molecule has 2 aromatic rings. The molecule has 2 rings (SSSR count). The first-order valence-electron chi connectivity index (χ1n) is 11.1. The highest BCUT2D eigenvalue weighted by atomic mass is 16.6. The lowest BCUT2D eigenvalue weighted by molar-refractivity contribution is -0.156. The van der Waals surface area contributed by atoms with Crippen molar-refractivity contribution < 1.29 is 24.2 Å². The Kier molecular flexibility index (Phi) is 9.39. The van der Waals surface area contributed by atoms with Crippen LogP contribution in [0.15, 0.2) is 41.4 Å². The highest BCUT2D eigenvalue weighted by molar-refractivity contribution is 6.03. The normalized spacial score (nSPS) is 12.5. The third-order valence-electron chi connectivity index (χ3n) is 4.69. The van der Waals surface area contributed by atoms with Gasteiger partial charge < -0.3 is 20.5 Å². The van der Waals surface area contributed by atoms with Gasteiger partial charge in [-0.3, -0.25) is 19.4 Å². The van der Waals surface area contributed by atoms with Crippen LogP contribution in [0.1, 0.15) is 52.5 Å². The second-order valence-electron chi connectivity index (χ2n) is 8.73. The Morgan fingerprint density at radius 3 is 2.55 bits per heavy atom. The van der Waals surface area contributed by atoms with E-state index in [9.17, 15) is 19.5 Å². The van der Waals surface area contributed by atoms with Gasteiger partial charge in [0.15, 0.2) is 0 Å². The van der Waals surface area contributed by atoms with Gasteiger partial charge in [-0.25, -0.2) is 0 Å². The van der Waals surface area contributed by atoms with Crippen molar-refractivity contribution >= 4 is 34.8 Å². The van der Waals surface area contributed by atoms with Gasteiger partial charge in [-0.1, -0.05) is 43.7 Å².